The summed E-state index contributed by atoms with van der Waals surface area (Å²) < 4.78 is 1.04. The summed E-state index contributed by atoms with van der Waals surface area (Å²) in [6.45, 7) is 0. The number of fused-ring (bicyclic) bond motifs is 1. The second kappa shape index (κ2) is 8.40. The zero-order valence-corrected chi connectivity index (χ0v) is 15.1. The first-order valence-corrected chi connectivity index (χ1v) is 8.72. The predicted octanol–water partition coefficient (Wildman–Crippen LogP) is 4.96. The molecule has 0 saturated heterocycles. The average molecular weight is 393 g/mol. The normalized spacial score (nSPS) is 11.4. The van der Waals surface area contributed by atoms with Gasteiger partial charge in [0, 0.05) is 10.7 Å². The molecule has 0 radical (unpaired) electrons. The average Bonchev–Trinajstić information content (AvgIpc) is 2.63. The minimum absolute atomic E-state index is 0.135. The largest absolute Gasteiger partial charge is 0.273 e. The highest BCUT2D eigenvalue weighted by Crippen LogP contribution is 2.18. The Hall–Kier alpha value is -2.72. The summed E-state index contributed by atoms with van der Waals surface area (Å²) in [5.41, 5.74) is 4.63. The Balaban J connectivity index is 1.56. The number of hydrogen-bond acceptors (Lipinski definition) is 2. The lowest BCUT2D eigenvalue weighted by Gasteiger charge is -2.05. The van der Waals surface area contributed by atoms with Crippen LogP contribution in [0.1, 0.15) is 11.1 Å². The monoisotopic (exact) mass is 392 g/mol. The number of amides is 1. The Morgan fingerprint density at radius 1 is 1.00 bits per heavy atom. The molecule has 124 valence electrons. The zero-order chi connectivity index (χ0) is 17.5. The van der Waals surface area contributed by atoms with Crippen LogP contribution in [0, 0.1) is 0 Å². The molecule has 0 aromatic heterocycles. The molecular weight excluding hydrogens is 376 g/mol. The van der Waals surface area contributed by atoms with Gasteiger partial charge in [-0.2, -0.15) is 5.10 Å². The van der Waals surface area contributed by atoms with E-state index in [4.69, 9.17) is 0 Å². The molecule has 0 bridgehead atoms. The minimum atomic E-state index is -0.135. The molecule has 0 fully saturated rings. The highest BCUT2D eigenvalue weighted by molar-refractivity contribution is 9.10. The van der Waals surface area contributed by atoms with Crippen LogP contribution in [0.25, 0.3) is 16.8 Å². The number of nitrogens with one attached hydrogen (secondary N) is 1. The molecule has 3 aromatic carbocycles. The minimum Gasteiger partial charge on any atom is -0.273 e. The highest BCUT2D eigenvalue weighted by atomic mass is 79.9. The van der Waals surface area contributed by atoms with Crippen LogP contribution < -0.4 is 5.43 Å². The van der Waals surface area contributed by atoms with Crippen molar-refractivity contribution in [3.63, 3.8) is 0 Å². The first-order chi connectivity index (χ1) is 12.2. The maximum atomic E-state index is 12.1. The fourth-order valence-electron chi connectivity index (χ4n) is 2.54. The second-order valence-electron chi connectivity index (χ2n) is 5.54. The Morgan fingerprint density at radius 3 is 2.60 bits per heavy atom. The molecule has 4 heteroatoms. The van der Waals surface area contributed by atoms with Crippen LogP contribution >= 0.6 is 15.9 Å². The standard InChI is InChI=1S/C21H17BrN2O/c22-19-12-10-16(11-13-19)5-4-14-23-24-21(25)15-18-8-3-7-17-6-1-2-9-20(17)18/h1-14H,15H2,(H,24,25)/b5-4+,23-14+. The van der Waals surface area contributed by atoms with E-state index in [9.17, 15) is 4.79 Å². The number of carbonyl (C=O) groups is 1. The zero-order valence-electron chi connectivity index (χ0n) is 13.5. The van der Waals surface area contributed by atoms with Gasteiger partial charge in [-0.1, -0.05) is 76.6 Å². The summed E-state index contributed by atoms with van der Waals surface area (Å²) in [6, 6.07) is 22.0. The summed E-state index contributed by atoms with van der Waals surface area (Å²) in [5, 5.41) is 6.19. The molecule has 0 aliphatic rings. The van der Waals surface area contributed by atoms with Crippen LogP contribution in [0.4, 0.5) is 0 Å². The fourth-order valence-corrected chi connectivity index (χ4v) is 2.80. The molecule has 0 aliphatic heterocycles. The van der Waals surface area contributed by atoms with Crippen LogP contribution in [0.5, 0.6) is 0 Å². The number of hydrogen-bond donors (Lipinski definition) is 1. The molecule has 3 nitrogen and oxygen atoms in total. The van der Waals surface area contributed by atoms with E-state index in [1.807, 2.05) is 72.8 Å². The summed E-state index contributed by atoms with van der Waals surface area (Å²) >= 11 is 3.40. The number of carbonyl (C=O) groups excluding carboxylic acids is 1. The van der Waals surface area contributed by atoms with E-state index in [-0.39, 0.29) is 5.91 Å². The van der Waals surface area contributed by atoms with Crippen molar-refractivity contribution in [2.24, 2.45) is 5.10 Å². The van der Waals surface area contributed by atoms with Crippen LogP contribution in [0.3, 0.4) is 0 Å². The van der Waals surface area contributed by atoms with Gasteiger partial charge in [-0.05, 0) is 40.1 Å². The quantitative estimate of drug-likeness (QED) is 0.483. The van der Waals surface area contributed by atoms with Crippen molar-refractivity contribution < 1.29 is 4.79 Å². The molecule has 3 aromatic rings. The first kappa shape index (κ1) is 17.1. The van der Waals surface area contributed by atoms with Crippen molar-refractivity contribution in [2.75, 3.05) is 0 Å². The van der Waals surface area contributed by atoms with Gasteiger partial charge in [0.05, 0.1) is 6.42 Å². The molecule has 0 unspecified atom stereocenters. The van der Waals surface area contributed by atoms with E-state index in [2.05, 4.69) is 26.5 Å². The maximum Gasteiger partial charge on any atom is 0.244 e. The maximum absolute atomic E-state index is 12.1. The van der Waals surface area contributed by atoms with Gasteiger partial charge in [-0.15, -0.1) is 0 Å². The third kappa shape index (κ3) is 4.88. The summed E-state index contributed by atoms with van der Waals surface area (Å²) in [4.78, 5) is 12.1. The number of nitrogens with zero attached hydrogens (tertiary/aromatic N) is 1. The second-order valence-corrected chi connectivity index (χ2v) is 6.45. The molecule has 0 saturated carbocycles. The van der Waals surface area contributed by atoms with Gasteiger partial charge >= 0.3 is 0 Å². The van der Waals surface area contributed by atoms with Gasteiger partial charge < -0.3 is 0 Å². The summed E-state index contributed by atoms with van der Waals surface area (Å²) in [7, 11) is 0. The molecule has 1 N–H and O–H groups in total. The summed E-state index contributed by atoms with van der Waals surface area (Å²) in [5.74, 6) is -0.135. The summed E-state index contributed by atoms with van der Waals surface area (Å²) in [6.07, 6.45) is 5.59. The van der Waals surface area contributed by atoms with Crippen molar-refractivity contribution in [3.8, 4) is 0 Å². The van der Waals surface area contributed by atoms with Crippen molar-refractivity contribution in [3.05, 3.63) is 88.4 Å². The Labute approximate surface area is 155 Å². The number of allylic oxidation sites excluding steroid dienone is 1. The van der Waals surface area contributed by atoms with E-state index in [0.29, 0.717) is 6.42 Å². The van der Waals surface area contributed by atoms with E-state index < -0.39 is 0 Å². The van der Waals surface area contributed by atoms with Crippen molar-refractivity contribution in [1.82, 2.24) is 5.43 Å². The SMILES string of the molecule is O=C(Cc1cccc2ccccc12)N/N=C/C=C/c1ccc(Br)cc1. The van der Waals surface area contributed by atoms with Crippen LogP contribution in [-0.2, 0) is 11.2 Å². The number of benzene rings is 3. The molecule has 25 heavy (non-hydrogen) atoms. The lowest BCUT2D eigenvalue weighted by Crippen LogP contribution is -2.19. The molecule has 0 aliphatic carbocycles. The van der Waals surface area contributed by atoms with Crippen LogP contribution in [0.15, 0.2) is 82.4 Å². The molecule has 0 heterocycles. The fraction of sp³-hybridized carbons (Fsp3) is 0.0476. The van der Waals surface area contributed by atoms with Gasteiger partial charge in [0.25, 0.3) is 0 Å². The molecule has 3 rings (SSSR count). The van der Waals surface area contributed by atoms with Gasteiger partial charge in [0.2, 0.25) is 5.91 Å². The smallest absolute Gasteiger partial charge is 0.244 e. The van der Waals surface area contributed by atoms with Crippen molar-refractivity contribution >= 4 is 44.9 Å². The number of rotatable bonds is 5. The Bertz CT molecular complexity index is 925. The molecule has 1 amide bonds. The van der Waals surface area contributed by atoms with Gasteiger partial charge in [0.15, 0.2) is 0 Å². The van der Waals surface area contributed by atoms with E-state index >= 15 is 0 Å². The Morgan fingerprint density at radius 2 is 1.76 bits per heavy atom. The third-order valence-electron chi connectivity index (χ3n) is 3.74. The lowest BCUT2D eigenvalue weighted by atomic mass is 10.0. The van der Waals surface area contributed by atoms with Crippen LogP contribution in [0.2, 0.25) is 0 Å². The first-order valence-electron chi connectivity index (χ1n) is 7.93. The number of hydrazone groups is 1. The van der Waals surface area contributed by atoms with Crippen molar-refractivity contribution in [1.29, 1.82) is 0 Å². The lowest BCUT2D eigenvalue weighted by molar-refractivity contribution is -0.120. The van der Waals surface area contributed by atoms with E-state index in [1.165, 1.54) is 0 Å². The van der Waals surface area contributed by atoms with Gasteiger partial charge in [0.1, 0.15) is 0 Å². The topological polar surface area (TPSA) is 41.5 Å². The number of halogens is 1. The van der Waals surface area contributed by atoms with Gasteiger partial charge in [-0.25, -0.2) is 5.43 Å². The Kier molecular flexibility index (Phi) is 5.75. The van der Waals surface area contributed by atoms with Crippen molar-refractivity contribution in [2.45, 2.75) is 6.42 Å². The molecule has 0 atom stereocenters. The molecule has 0 spiro atoms. The van der Waals surface area contributed by atoms with E-state index in [0.717, 1.165) is 26.4 Å². The van der Waals surface area contributed by atoms with Gasteiger partial charge in [-0.3, -0.25) is 4.79 Å². The van der Waals surface area contributed by atoms with E-state index in [1.54, 1.807) is 12.3 Å². The highest BCUT2D eigenvalue weighted by Gasteiger charge is 2.05. The molecular formula is C21H17BrN2O. The third-order valence-corrected chi connectivity index (χ3v) is 4.27. The predicted molar refractivity (Wildman–Crippen MR) is 107 cm³/mol. The van der Waals surface area contributed by atoms with Crippen LogP contribution in [-0.4, -0.2) is 12.1 Å².